The fourth-order valence-electron chi connectivity index (χ4n) is 2.14. The molecule has 0 aromatic heterocycles. The molecule has 4 rings (SSSR count). The minimum absolute atomic E-state index is 0. The van der Waals surface area contributed by atoms with Crippen molar-refractivity contribution in [3.05, 3.63) is 84.9 Å². The van der Waals surface area contributed by atoms with Gasteiger partial charge in [-0.2, -0.15) is 42.1 Å². The number of halogens is 1. The van der Waals surface area contributed by atoms with Crippen LogP contribution in [-0.2, 0) is 26.2 Å². The molecule has 0 bridgehead atoms. The minimum atomic E-state index is 0. The van der Waals surface area contributed by atoms with Gasteiger partial charge >= 0.3 is 26.2 Å². The molecule has 1 nitrogen and oxygen atoms in total. The van der Waals surface area contributed by atoms with Crippen molar-refractivity contribution in [3.8, 4) is 0 Å². The second-order valence-electron chi connectivity index (χ2n) is 4.89. The van der Waals surface area contributed by atoms with Crippen LogP contribution in [0.5, 0.6) is 0 Å². The predicted octanol–water partition coefficient (Wildman–Crippen LogP) is 1.61. The molecule has 4 aromatic carbocycles. The Bertz CT molecular complexity index is 653. The fraction of sp³-hybridized carbons (Fsp3) is 0.143. The van der Waals surface area contributed by atoms with Crippen molar-refractivity contribution >= 4 is 31.1 Å². The maximum Gasteiger partial charge on any atom is 4.00 e. The van der Waals surface area contributed by atoms with E-state index in [9.17, 15) is 0 Å². The first-order valence-electron chi connectivity index (χ1n) is 7.71. The average Bonchev–Trinajstić information content (AvgIpc) is 3.27. The summed E-state index contributed by atoms with van der Waals surface area (Å²) in [6.07, 6.45) is 0. The summed E-state index contributed by atoms with van der Waals surface area (Å²) in [5, 5.41) is 13.6. The largest absolute Gasteiger partial charge is 4.00 e. The van der Waals surface area contributed by atoms with Gasteiger partial charge < -0.3 is 17.5 Å². The van der Waals surface area contributed by atoms with Gasteiger partial charge in [0.05, 0.1) is 0 Å². The summed E-state index contributed by atoms with van der Waals surface area (Å²) in [6, 6.07) is 29.3. The number of rotatable bonds is 0. The van der Waals surface area contributed by atoms with E-state index in [2.05, 4.69) is 98.0 Å². The molecule has 0 unspecified atom stereocenters. The third-order valence-corrected chi connectivity index (χ3v) is 3.10. The first-order valence-corrected chi connectivity index (χ1v) is 10.0. The second kappa shape index (κ2) is 16.5. The molecule has 25 heavy (non-hydrogen) atoms. The quantitative estimate of drug-likeness (QED) is 0.297. The van der Waals surface area contributed by atoms with E-state index in [-0.39, 0.29) is 38.6 Å². The summed E-state index contributed by atoms with van der Waals surface area (Å²) >= 11 is 0. The summed E-state index contributed by atoms with van der Waals surface area (Å²) in [5.41, 5.74) is 0. The number of hydrogen-bond donors (Lipinski definition) is 0. The van der Waals surface area contributed by atoms with Gasteiger partial charge in [0.2, 0.25) is 0 Å². The standard InChI is InChI=1S/2C9H7.C2H7Si.CH3O.ClH.Zr/c2*1-2-5-9-7-3-6-8(9)4-1;1-3-2;1-2;;/h2*1-7H;3H,1-2H3;1H3;1H;/q2*-1;;-1;;+4/p-1. The van der Waals surface area contributed by atoms with Crippen LogP contribution in [0.2, 0.25) is 13.1 Å². The Labute approximate surface area is 179 Å². The molecule has 0 N–H and O–H groups in total. The zero-order valence-corrected chi connectivity index (χ0v) is 19.3. The molecular weight excluding hydrogens is 423 g/mol. The van der Waals surface area contributed by atoms with Crippen LogP contribution >= 0.6 is 0 Å². The molecule has 1 radical (unpaired) electrons. The van der Waals surface area contributed by atoms with Crippen LogP contribution in [-0.4, -0.2) is 16.6 Å². The van der Waals surface area contributed by atoms with Gasteiger partial charge in [-0.15, -0.1) is 59.3 Å². The summed E-state index contributed by atoms with van der Waals surface area (Å²) < 4.78 is 0. The monoisotopic (exact) mass is 445 g/mol. The fourth-order valence-corrected chi connectivity index (χ4v) is 2.14. The molecule has 0 saturated carbocycles. The van der Waals surface area contributed by atoms with Crippen LogP contribution in [0.15, 0.2) is 84.9 Å². The predicted molar refractivity (Wildman–Crippen MR) is 104 cm³/mol. The SMILES string of the molecule is C[O-].C[SiH]C.[Cl-].[Zr+4].c1ccc2[cH-]ccc2c1.c1ccc2[cH-]ccc2c1. The van der Waals surface area contributed by atoms with E-state index in [1.807, 2.05) is 0 Å². The van der Waals surface area contributed by atoms with Crippen LogP contribution in [0.25, 0.3) is 21.5 Å². The number of hydrogen-bond acceptors (Lipinski definition) is 1. The van der Waals surface area contributed by atoms with E-state index < -0.39 is 0 Å². The normalized spacial score (nSPS) is 8.32. The van der Waals surface area contributed by atoms with Crippen molar-refractivity contribution in [3.63, 3.8) is 0 Å². The maximum absolute atomic E-state index is 8.25. The van der Waals surface area contributed by atoms with Crippen LogP contribution in [0, 0.1) is 0 Å². The van der Waals surface area contributed by atoms with Gasteiger partial charge in [-0.25, -0.2) is 0 Å². The zero-order valence-electron chi connectivity index (χ0n) is 14.9. The molecule has 0 aliphatic heterocycles. The number of fused-ring (bicyclic) bond motifs is 2. The third kappa shape index (κ3) is 9.32. The van der Waals surface area contributed by atoms with Gasteiger partial charge in [0, 0.05) is 9.52 Å². The van der Waals surface area contributed by atoms with Crippen molar-refractivity contribution < 1.29 is 43.7 Å². The molecule has 0 atom stereocenters. The summed E-state index contributed by atoms with van der Waals surface area (Å²) in [4.78, 5) is 0. The smallest absolute Gasteiger partial charge is 1.00 e. The Morgan fingerprint density at radius 1 is 0.680 bits per heavy atom. The first-order chi connectivity index (χ1) is 11.3. The van der Waals surface area contributed by atoms with Crippen molar-refractivity contribution in [2.24, 2.45) is 0 Å². The van der Waals surface area contributed by atoms with E-state index in [0.717, 1.165) is 16.6 Å². The molecule has 0 saturated heterocycles. The summed E-state index contributed by atoms with van der Waals surface area (Å²) in [6.45, 7) is 4.42. The minimum Gasteiger partial charge on any atom is -1.00 e. The Morgan fingerprint density at radius 2 is 1.00 bits per heavy atom. The molecule has 129 valence electrons. The molecule has 0 spiro atoms. The van der Waals surface area contributed by atoms with Crippen molar-refractivity contribution in [1.29, 1.82) is 0 Å². The molecule has 0 heterocycles. The van der Waals surface area contributed by atoms with Crippen LogP contribution in [0.4, 0.5) is 0 Å². The van der Waals surface area contributed by atoms with Gasteiger partial charge in [-0.3, -0.25) is 0 Å². The van der Waals surface area contributed by atoms with E-state index in [1.54, 1.807) is 0 Å². The molecule has 0 aliphatic rings. The molecule has 0 amide bonds. The molecule has 4 aromatic rings. The summed E-state index contributed by atoms with van der Waals surface area (Å²) in [5.74, 6) is 0. The van der Waals surface area contributed by atoms with Crippen molar-refractivity contribution in [2.45, 2.75) is 13.1 Å². The second-order valence-corrected chi connectivity index (χ2v) is 6.04. The summed E-state index contributed by atoms with van der Waals surface area (Å²) in [7, 11) is 1.50. The van der Waals surface area contributed by atoms with Gasteiger partial charge in [0.25, 0.3) is 0 Å². The maximum atomic E-state index is 8.25. The van der Waals surface area contributed by atoms with E-state index in [4.69, 9.17) is 5.11 Å². The van der Waals surface area contributed by atoms with Crippen LogP contribution in [0.3, 0.4) is 0 Å². The van der Waals surface area contributed by atoms with Gasteiger partial charge in [0.1, 0.15) is 0 Å². The Hall–Kier alpha value is -0.990. The van der Waals surface area contributed by atoms with Gasteiger partial charge in [-0.05, 0) is 0 Å². The van der Waals surface area contributed by atoms with Gasteiger partial charge in [0.15, 0.2) is 0 Å². The van der Waals surface area contributed by atoms with Gasteiger partial charge in [-0.1, -0.05) is 25.2 Å². The molecular formula is C21H24ClOSiZr. The van der Waals surface area contributed by atoms with Crippen LogP contribution in [0.1, 0.15) is 0 Å². The molecule has 0 fully saturated rings. The van der Waals surface area contributed by atoms with E-state index >= 15 is 0 Å². The average molecular weight is 447 g/mol. The Morgan fingerprint density at radius 3 is 1.32 bits per heavy atom. The topological polar surface area (TPSA) is 23.1 Å². The zero-order chi connectivity index (χ0) is 16.9. The van der Waals surface area contributed by atoms with Crippen molar-refractivity contribution in [2.75, 3.05) is 7.11 Å². The third-order valence-electron chi connectivity index (χ3n) is 3.10. The van der Waals surface area contributed by atoms with Crippen LogP contribution < -0.4 is 17.5 Å². The number of benzene rings is 2. The van der Waals surface area contributed by atoms with Crippen molar-refractivity contribution in [1.82, 2.24) is 0 Å². The Kier molecular flexibility index (Phi) is 17.3. The molecule has 4 heteroatoms. The van der Waals surface area contributed by atoms with E-state index in [1.165, 1.54) is 21.5 Å². The first kappa shape index (κ1) is 26.2. The molecule has 0 aliphatic carbocycles. The van der Waals surface area contributed by atoms with E-state index in [0.29, 0.717) is 0 Å². The Balaban J connectivity index is 0.